The highest BCUT2D eigenvalue weighted by molar-refractivity contribution is 5.71. The lowest BCUT2D eigenvalue weighted by atomic mass is 10.1. The van der Waals surface area contributed by atoms with Gasteiger partial charge in [0.05, 0.1) is 25.7 Å². The topological polar surface area (TPSA) is 70.8 Å². The van der Waals surface area contributed by atoms with Crippen molar-refractivity contribution in [3.8, 4) is 0 Å². The molecule has 0 aliphatic heterocycles. The van der Waals surface area contributed by atoms with Crippen molar-refractivity contribution in [2.75, 3.05) is 40.1 Å². The fourth-order valence-electron chi connectivity index (χ4n) is 0.956. The Morgan fingerprint density at radius 1 is 1.27 bits per heavy atom. The van der Waals surface area contributed by atoms with Gasteiger partial charge in [-0.3, -0.25) is 4.79 Å². The quantitative estimate of drug-likeness (QED) is 0.442. The Balaban J connectivity index is 3.30. The third-order valence-electron chi connectivity index (χ3n) is 1.91. The molecule has 0 aromatic rings. The Morgan fingerprint density at radius 3 is 2.53 bits per heavy atom. The van der Waals surface area contributed by atoms with Gasteiger partial charge in [0.15, 0.2) is 0 Å². The molecule has 1 unspecified atom stereocenters. The molecule has 0 aromatic carbocycles. The summed E-state index contributed by atoms with van der Waals surface area (Å²) in [5.41, 5.74) is 5.33. The number of ether oxygens (including phenoxy) is 3. The molecule has 0 rings (SSSR count). The fourth-order valence-corrected chi connectivity index (χ4v) is 0.956. The maximum Gasteiger partial charge on any atom is 0.308 e. The van der Waals surface area contributed by atoms with Crippen LogP contribution in [0.3, 0.4) is 0 Å². The number of hydrogen-bond donors (Lipinski definition) is 1. The Morgan fingerprint density at radius 2 is 1.93 bits per heavy atom. The number of hydrogen-bond acceptors (Lipinski definition) is 5. The molecule has 15 heavy (non-hydrogen) atoms. The summed E-state index contributed by atoms with van der Waals surface area (Å²) in [6.07, 6.45) is 0.656. The average molecular weight is 219 g/mol. The van der Waals surface area contributed by atoms with E-state index in [1.807, 2.05) is 0 Å². The van der Waals surface area contributed by atoms with Crippen LogP contribution in [0.4, 0.5) is 0 Å². The minimum absolute atomic E-state index is 0.131. The van der Waals surface area contributed by atoms with Gasteiger partial charge in [-0.1, -0.05) is 6.92 Å². The van der Waals surface area contributed by atoms with Crippen molar-refractivity contribution in [3.05, 3.63) is 0 Å². The molecular weight excluding hydrogens is 198 g/mol. The highest BCUT2D eigenvalue weighted by Crippen LogP contribution is 2.02. The maximum atomic E-state index is 11.3. The van der Waals surface area contributed by atoms with Crippen LogP contribution in [0, 0.1) is 5.92 Å². The van der Waals surface area contributed by atoms with Gasteiger partial charge in [0.25, 0.3) is 0 Å². The largest absolute Gasteiger partial charge is 0.463 e. The van der Waals surface area contributed by atoms with Crippen molar-refractivity contribution in [2.24, 2.45) is 11.7 Å². The second kappa shape index (κ2) is 9.89. The molecule has 0 aliphatic rings. The van der Waals surface area contributed by atoms with Crippen LogP contribution in [0.25, 0.3) is 0 Å². The normalized spacial score (nSPS) is 12.5. The zero-order valence-electron chi connectivity index (χ0n) is 9.53. The van der Waals surface area contributed by atoms with E-state index in [9.17, 15) is 4.79 Å². The Kier molecular flexibility index (Phi) is 9.46. The standard InChI is InChI=1S/C10H21NO4/c1-9(3-4-11)10(12)15-8-7-14-6-5-13-2/h9H,3-8,11H2,1-2H3. The summed E-state index contributed by atoms with van der Waals surface area (Å²) in [4.78, 5) is 11.3. The van der Waals surface area contributed by atoms with Crippen LogP contribution in [0.1, 0.15) is 13.3 Å². The second-order valence-corrected chi connectivity index (χ2v) is 3.25. The molecule has 0 heterocycles. The molecule has 0 aromatic heterocycles. The SMILES string of the molecule is COCCOCCOC(=O)C(C)CCN. The van der Waals surface area contributed by atoms with Gasteiger partial charge in [-0.05, 0) is 13.0 Å². The van der Waals surface area contributed by atoms with E-state index in [0.29, 0.717) is 32.8 Å². The summed E-state index contributed by atoms with van der Waals surface area (Å²) >= 11 is 0. The van der Waals surface area contributed by atoms with E-state index in [1.165, 1.54) is 0 Å². The van der Waals surface area contributed by atoms with Gasteiger partial charge >= 0.3 is 5.97 Å². The lowest BCUT2D eigenvalue weighted by Gasteiger charge is -2.10. The minimum atomic E-state index is -0.212. The predicted octanol–water partition coefficient (Wildman–Crippen LogP) is 0.178. The third kappa shape index (κ3) is 8.35. The molecule has 90 valence electrons. The first-order valence-corrected chi connectivity index (χ1v) is 5.15. The van der Waals surface area contributed by atoms with Crippen LogP contribution in [-0.4, -0.2) is 46.1 Å². The molecule has 0 bridgehead atoms. The maximum absolute atomic E-state index is 11.3. The smallest absolute Gasteiger partial charge is 0.308 e. The van der Waals surface area contributed by atoms with Gasteiger partial charge in [-0.2, -0.15) is 0 Å². The van der Waals surface area contributed by atoms with Gasteiger partial charge in [-0.15, -0.1) is 0 Å². The monoisotopic (exact) mass is 219 g/mol. The van der Waals surface area contributed by atoms with E-state index in [4.69, 9.17) is 19.9 Å². The van der Waals surface area contributed by atoms with E-state index >= 15 is 0 Å². The van der Waals surface area contributed by atoms with Gasteiger partial charge < -0.3 is 19.9 Å². The lowest BCUT2D eigenvalue weighted by Crippen LogP contribution is -2.20. The van der Waals surface area contributed by atoms with Gasteiger partial charge in [0, 0.05) is 7.11 Å². The molecule has 1 atom stereocenters. The molecular formula is C10H21NO4. The minimum Gasteiger partial charge on any atom is -0.463 e. The van der Waals surface area contributed by atoms with Crippen molar-refractivity contribution in [2.45, 2.75) is 13.3 Å². The van der Waals surface area contributed by atoms with Crippen LogP contribution >= 0.6 is 0 Å². The van der Waals surface area contributed by atoms with Crippen LogP contribution < -0.4 is 5.73 Å². The van der Waals surface area contributed by atoms with E-state index in [1.54, 1.807) is 14.0 Å². The number of carbonyl (C=O) groups is 1. The first kappa shape index (κ1) is 14.3. The van der Waals surface area contributed by atoms with Crippen molar-refractivity contribution in [3.63, 3.8) is 0 Å². The average Bonchev–Trinajstić information content (AvgIpc) is 2.23. The van der Waals surface area contributed by atoms with E-state index in [2.05, 4.69) is 0 Å². The zero-order valence-corrected chi connectivity index (χ0v) is 9.53. The van der Waals surface area contributed by atoms with Gasteiger partial charge in [0.1, 0.15) is 6.61 Å². The van der Waals surface area contributed by atoms with Gasteiger partial charge in [0.2, 0.25) is 0 Å². The summed E-state index contributed by atoms with van der Waals surface area (Å²) < 4.78 is 14.9. The molecule has 0 spiro atoms. The molecule has 0 radical (unpaired) electrons. The molecule has 0 saturated heterocycles. The molecule has 0 aliphatic carbocycles. The molecule has 0 fully saturated rings. The zero-order chi connectivity index (χ0) is 11.5. The van der Waals surface area contributed by atoms with Crippen LogP contribution in [0.15, 0.2) is 0 Å². The third-order valence-corrected chi connectivity index (χ3v) is 1.91. The summed E-state index contributed by atoms with van der Waals surface area (Å²) in [7, 11) is 1.61. The van der Waals surface area contributed by atoms with Gasteiger partial charge in [-0.25, -0.2) is 0 Å². The van der Waals surface area contributed by atoms with Crippen molar-refractivity contribution in [1.29, 1.82) is 0 Å². The molecule has 0 amide bonds. The Hall–Kier alpha value is -0.650. The molecule has 5 heteroatoms. The highest BCUT2D eigenvalue weighted by atomic mass is 16.6. The number of esters is 1. The number of carbonyl (C=O) groups excluding carboxylic acids is 1. The Bertz CT molecular complexity index is 164. The van der Waals surface area contributed by atoms with E-state index < -0.39 is 0 Å². The Labute approximate surface area is 90.9 Å². The number of methoxy groups -OCH3 is 1. The fraction of sp³-hybridized carbons (Fsp3) is 0.900. The summed E-state index contributed by atoms with van der Waals surface area (Å²) in [5, 5.41) is 0. The molecule has 0 saturated carbocycles. The van der Waals surface area contributed by atoms with E-state index in [0.717, 1.165) is 0 Å². The van der Waals surface area contributed by atoms with Crippen LogP contribution in [0.5, 0.6) is 0 Å². The van der Waals surface area contributed by atoms with Crippen LogP contribution in [0.2, 0.25) is 0 Å². The number of rotatable bonds is 9. The first-order valence-electron chi connectivity index (χ1n) is 5.15. The van der Waals surface area contributed by atoms with Crippen molar-refractivity contribution >= 4 is 5.97 Å². The highest BCUT2D eigenvalue weighted by Gasteiger charge is 2.12. The lowest BCUT2D eigenvalue weighted by molar-refractivity contribution is -0.149. The summed E-state index contributed by atoms with van der Waals surface area (Å²) in [6.45, 7) is 4.08. The second-order valence-electron chi connectivity index (χ2n) is 3.25. The summed E-state index contributed by atoms with van der Waals surface area (Å²) in [6, 6.07) is 0. The van der Waals surface area contributed by atoms with Crippen molar-refractivity contribution in [1.82, 2.24) is 0 Å². The molecule has 2 N–H and O–H groups in total. The summed E-state index contributed by atoms with van der Waals surface area (Å²) in [5.74, 6) is -0.343. The van der Waals surface area contributed by atoms with Crippen LogP contribution in [-0.2, 0) is 19.0 Å². The van der Waals surface area contributed by atoms with E-state index in [-0.39, 0.29) is 18.5 Å². The number of nitrogens with two attached hydrogens (primary N) is 1. The van der Waals surface area contributed by atoms with Crippen molar-refractivity contribution < 1.29 is 19.0 Å². The predicted molar refractivity (Wildman–Crippen MR) is 56.5 cm³/mol. The first-order chi connectivity index (χ1) is 7.22. The molecule has 5 nitrogen and oxygen atoms in total.